The Morgan fingerprint density at radius 3 is 1.87 bits per heavy atom. The van der Waals surface area contributed by atoms with Gasteiger partial charge in [0.15, 0.2) is 0 Å². The van der Waals surface area contributed by atoms with E-state index >= 15 is 0 Å². The molecule has 9 nitrogen and oxygen atoms in total. The van der Waals surface area contributed by atoms with Crippen LogP contribution >= 0.6 is 0 Å². The van der Waals surface area contributed by atoms with Crippen molar-refractivity contribution in [1.29, 1.82) is 0 Å². The van der Waals surface area contributed by atoms with Gasteiger partial charge in [-0.05, 0) is 67.1 Å². The number of aryl methyl sites for hydroxylation is 1. The fourth-order valence-corrected chi connectivity index (χ4v) is 2.90. The van der Waals surface area contributed by atoms with E-state index in [1.807, 2.05) is 6.92 Å². The second-order valence-corrected chi connectivity index (χ2v) is 7.55. The molecule has 0 saturated heterocycles. The molecule has 0 heterocycles. The Morgan fingerprint density at radius 1 is 0.839 bits per heavy atom. The van der Waals surface area contributed by atoms with E-state index in [0.29, 0.717) is 28.5 Å². The van der Waals surface area contributed by atoms with Crippen LogP contribution in [0.15, 0.2) is 86.0 Å². The van der Waals surface area contributed by atoms with E-state index in [-0.39, 0.29) is 40.2 Å². The summed E-state index contributed by atoms with van der Waals surface area (Å²) in [4.78, 5) is -0.331. The van der Waals surface area contributed by atoms with Crippen LogP contribution in [0.4, 0.5) is 22.7 Å². The summed E-state index contributed by atoms with van der Waals surface area (Å²) >= 11 is 0. The quantitative estimate of drug-likeness (QED) is 0.351. The number of ether oxygens (including phenoxy) is 1. The van der Waals surface area contributed by atoms with E-state index in [2.05, 4.69) is 20.5 Å². The number of rotatable bonds is 6. The van der Waals surface area contributed by atoms with Crippen LogP contribution in [-0.4, -0.2) is 25.2 Å². The van der Waals surface area contributed by atoms with Crippen molar-refractivity contribution in [3.8, 4) is 11.5 Å². The molecule has 0 aromatic heterocycles. The standard InChI is InChI=1S/C20H18N4O5S.Na/c1-13-11-19(24-22-14-3-7-16(25)8-4-14)20(29-2)12-18(13)23-21-15-5-9-17(10-6-15)30(26,27)28;/h3-12,25H,1-2H3,(H,26,27,28);/q;+1/p-1. The molecule has 0 saturated carbocycles. The molecule has 0 spiro atoms. The second kappa shape index (κ2) is 10.6. The molecule has 0 fully saturated rings. The van der Waals surface area contributed by atoms with Crippen molar-refractivity contribution in [3.05, 3.63) is 66.2 Å². The molecular weight excluding hydrogens is 431 g/mol. The summed E-state index contributed by atoms with van der Waals surface area (Å²) < 4.78 is 38.3. The number of aromatic hydroxyl groups is 1. The monoisotopic (exact) mass is 448 g/mol. The van der Waals surface area contributed by atoms with Gasteiger partial charge in [0.2, 0.25) is 0 Å². The molecule has 0 aliphatic carbocycles. The van der Waals surface area contributed by atoms with Gasteiger partial charge < -0.3 is 14.4 Å². The molecule has 3 aromatic rings. The molecule has 3 aromatic carbocycles. The first-order valence-corrected chi connectivity index (χ1v) is 10.0. The Hall–Kier alpha value is -2.63. The minimum atomic E-state index is -4.51. The number of phenolic OH excluding ortho intramolecular Hbond substituents is 1. The Bertz CT molecular complexity index is 1210. The third-order valence-corrected chi connectivity index (χ3v) is 4.87. The van der Waals surface area contributed by atoms with E-state index < -0.39 is 10.1 Å². The van der Waals surface area contributed by atoms with Crippen LogP contribution in [0.1, 0.15) is 5.56 Å². The average Bonchev–Trinajstić information content (AvgIpc) is 2.72. The van der Waals surface area contributed by atoms with Crippen molar-refractivity contribution in [2.75, 3.05) is 7.11 Å². The fourth-order valence-electron chi connectivity index (χ4n) is 2.43. The average molecular weight is 448 g/mol. The zero-order valence-corrected chi connectivity index (χ0v) is 19.9. The van der Waals surface area contributed by atoms with Crippen molar-refractivity contribution in [2.24, 2.45) is 20.5 Å². The predicted molar refractivity (Wildman–Crippen MR) is 109 cm³/mol. The van der Waals surface area contributed by atoms with Gasteiger partial charge in [0.25, 0.3) is 0 Å². The molecule has 154 valence electrons. The van der Waals surface area contributed by atoms with E-state index in [4.69, 9.17) is 4.74 Å². The van der Waals surface area contributed by atoms with Crippen LogP contribution in [0.2, 0.25) is 0 Å². The van der Waals surface area contributed by atoms with Crippen molar-refractivity contribution in [2.45, 2.75) is 11.8 Å². The maximum Gasteiger partial charge on any atom is 1.00 e. The van der Waals surface area contributed by atoms with E-state index in [1.54, 1.807) is 24.3 Å². The maximum absolute atomic E-state index is 11.0. The fraction of sp³-hybridized carbons (Fsp3) is 0.100. The van der Waals surface area contributed by atoms with Crippen LogP contribution in [0.3, 0.4) is 0 Å². The summed E-state index contributed by atoms with van der Waals surface area (Å²) in [5.41, 5.74) is 2.73. The first-order valence-electron chi connectivity index (χ1n) is 8.63. The van der Waals surface area contributed by atoms with Crippen LogP contribution in [0.25, 0.3) is 0 Å². The van der Waals surface area contributed by atoms with Gasteiger partial charge in [0.1, 0.15) is 27.3 Å². The number of methoxy groups -OCH3 is 1. The van der Waals surface area contributed by atoms with Crippen LogP contribution in [0.5, 0.6) is 11.5 Å². The predicted octanol–water partition coefficient (Wildman–Crippen LogP) is 2.45. The molecular formula is C20H17N4NaO5S. The third kappa shape index (κ3) is 6.68. The Morgan fingerprint density at radius 2 is 1.35 bits per heavy atom. The van der Waals surface area contributed by atoms with Gasteiger partial charge in [-0.25, -0.2) is 8.42 Å². The summed E-state index contributed by atoms with van der Waals surface area (Å²) in [6, 6.07) is 14.8. The minimum Gasteiger partial charge on any atom is -0.744 e. The van der Waals surface area contributed by atoms with E-state index in [1.165, 1.54) is 43.5 Å². The van der Waals surface area contributed by atoms with Crippen LogP contribution in [0, 0.1) is 6.92 Å². The number of nitrogens with zero attached hydrogens (tertiary/aromatic N) is 4. The zero-order chi connectivity index (χ0) is 21.7. The van der Waals surface area contributed by atoms with E-state index in [0.717, 1.165) is 5.56 Å². The molecule has 0 radical (unpaired) electrons. The SMILES string of the molecule is COc1cc(N=Nc2ccc(S(=O)(=O)[O-])cc2)c(C)cc1N=Nc1ccc(O)cc1.[Na+]. The van der Waals surface area contributed by atoms with E-state index in [9.17, 15) is 18.1 Å². The number of benzene rings is 3. The second-order valence-electron chi connectivity index (χ2n) is 6.17. The molecule has 0 amide bonds. The number of hydrogen-bond acceptors (Lipinski definition) is 9. The normalized spacial score (nSPS) is 11.6. The topological polar surface area (TPSA) is 136 Å². The maximum atomic E-state index is 11.0. The molecule has 0 unspecified atom stereocenters. The summed E-state index contributed by atoms with van der Waals surface area (Å²) in [6.07, 6.45) is 0. The van der Waals surface area contributed by atoms with Gasteiger partial charge in [-0.1, -0.05) is 0 Å². The summed E-state index contributed by atoms with van der Waals surface area (Å²) in [6.45, 7) is 1.82. The Labute approximate surface area is 201 Å². The molecule has 31 heavy (non-hydrogen) atoms. The third-order valence-electron chi connectivity index (χ3n) is 4.02. The molecule has 1 N–H and O–H groups in total. The smallest absolute Gasteiger partial charge is 0.744 e. The van der Waals surface area contributed by atoms with Crippen LogP contribution in [-0.2, 0) is 10.1 Å². The van der Waals surface area contributed by atoms with Crippen molar-refractivity contribution in [1.82, 2.24) is 0 Å². The molecule has 0 atom stereocenters. The summed E-state index contributed by atoms with van der Waals surface area (Å²) in [7, 11) is -3.01. The van der Waals surface area contributed by atoms with Crippen molar-refractivity contribution >= 4 is 32.9 Å². The number of hydrogen-bond donors (Lipinski definition) is 1. The molecule has 0 bridgehead atoms. The van der Waals surface area contributed by atoms with Gasteiger partial charge in [-0.3, -0.25) is 0 Å². The van der Waals surface area contributed by atoms with Gasteiger partial charge >= 0.3 is 29.6 Å². The van der Waals surface area contributed by atoms with Gasteiger partial charge in [0.05, 0.1) is 29.1 Å². The van der Waals surface area contributed by atoms with Gasteiger partial charge in [-0.2, -0.15) is 15.3 Å². The molecule has 0 aliphatic rings. The summed E-state index contributed by atoms with van der Waals surface area (Å²) in [5.74, 6) is 0.575. The zero-order valence-electron chi connectivity index (χ0n) is 17.1. The largest absolute Gasteiger partial charge is 1.00 e. The van der Waals surface area contributed by atoms with Gasteiger partial charge in [-0.15, -0.1) is 5.11 Å². The van der Waals surface area contributed by atoms with Crippen molar-refractivity contribution in [3.63, 3.8) is 0 Å². The molecule has 11 heteroatoms. The Balaban J connectivity index is 0.00000341. The molecule has 0 aliphatic heterocycles. The van der Waals surface area contributed by atoms with Gasteiger partial charge in [0, 0.05) is 6.07 Å². The Kier molecular flexibility index (Phi) is 8.43. The van der Waals surface area contributed by atoms with Crippen LogP contribution < -0.4 is 34.3 Å². The minimum absolute atomic E-state index is 0. The first-order chi connectivity index (χ1) is 14.3. The molecule has 3 rings (SSSR count). The van der Waals surface area contributed by atoms with Crippen molar-refractivity contribution < 1.29 is 52.4 Å². The number of phenols is 1. The summed E-state index contributed by atoms with van der Waals surface area (Å²) in [5, 5.41) is 25.9. The number of azo groups is 2. The first kappa shape index (κ1) is 24.6.